The molecule has 0 aliphatic rings. The second kappa shape index (κ2) is 7.64. The van der Waals surface area contributed by atoms with Crippen molar-refractivity contribution in [3.05, 3.63) is 71.3 Å². The van der Waals surface area contributed by atoms with Gasteiger partial charge in [0.2, 0.25) is 0 Å². The molecule has 0 radical (unpaired) electrons. The topological polar surface area (TPSA) is 41.1 Å². The molecule has 0 aromatic heterocycles. The van der Waals surface area contributed by atoms with E-state index in [0.29, 0.717) is 5.56 Å². The van der Waals surface area contributed by atoms with E-state index in [-0.39, 0.29) is 17.5 Å². The average molecular weight is 346 g/mol. The number of halogens is 2. The number of benzene rings is 2. The van der Waals surface area contributed by atoms with Crippen LogP contribution in [0.3, 0.4) is 0 Å². The van der Waals surface area contributed by atoms with Crippen LogP contribution in [-0.4, -0.2) is 12.1 Å². The van der Waals surface area contributed by atoms with Crippen LogP contribution in [-0.2, 0) is 5.41 Å². The maximum atomic E-state index is 13.3. The maximum Gasteiger partial charge on any atom is 0.315 e. The maximum absolute atomic E-state index is 13.3. The van der Waals surface area contributed by atoms with Gasteiger partial charge in [0.15, 0.2) is 11.6 Å². The van der Waals surface area contributed by atoms with E-state index >= 15 is 0 Å². The van der Waals surface area contributed by atoms with Crippen LogP contribution in [0.15, 0.2) is 48.5 Å². The van der Waals surface area contributed by atoms with E-state index in [2.05, 4.69) is 24.5 Å². The fraction of sp³-hybridized carbons (Fsp3) is 0.350. The molecule has 0 aliphatic heterocycles. The zero-order valence-corrected chi connectivity index (χ0v) is 14.9. The van der Waals surface area contributed by atoms with Crippen molar-refractivity contribution in [2.24, 2.45) is 0 Å². The third-order valence-corrected chi connectivity index (χ3v) is 4.74. The van der Waals surface area contributed by atoms with Crippen LogP contribution >= 0.6 is 0 Å². The van der Waals surface area contributed by atoms with Crippen LogP contribution in [0.25, 0.3) is 0 Å². The van der Waals surface area contributed by atoms with Crippen LogP contribution in [0.4, 0.5) is 13.6 Å². The van der Waals surface area contributed by atoms with Crippen LogP contribution in [0.5, 0.6) is 0 Å². The number of hydrogen-bond donors (Lipinski definition) is 2. The largest absolute Gasteiger partial charge is 0.335 e. The van der Waals surface area contributed by atoms with Crippen LogP contribution in [0.2, 0.25) is 0 Å². The van der Waals surface area contributed by atoms with Gasteiger partial charge in [-0.1, -0.05) is 50.2 Å². The van der Waals surface area contributed by atoms with Crippen LogP contribution in [0, 0.1) is 11.6 Å². The van der Waals surface area contributed by atoms with Gasteiger partial charge in [-0.05, 0) is 37.1 Å². The summed E-state index contributed by atoms with van der Waals surface area (Å²) in [4.78, 5) is 12.3. The first-order chi connectivity index (χ1) is 11.7. The van der Waals surface area contributed by atoms with Crippen molar-refractivity contribution in [2.75, 3.05) is 0 Å². The van der Waals surface area contributed by atoms with Crippen LogP contribution in [0.1, 0.15) is 44.9 Å². The SMILES string of the molecule is CC(NC(=O)NC(C)C(C)(C)c1ccccc1)c1ccc(F)c(F)c1. The number of urea groups is 1. The molecule has 2 amide bonds. The summed E-state index contributed by atoms with van der Waals surface area (Å²) in [7, 11) is 0. The Labute approximate surface area is 147 Å². The molecule has 134 valence electrons. The number of nitrogens with one attached hydrogen (secondary N) is 2. The summed E-state index contributed by atoms with van der Waals surface area (Å²) in [5.74, 6) is -1.83. The first-order valence-corrected chi connectivity index (χ1v) is 8.29. The van der Waals surface area contributed by atoms with Gasteiger partial charge in [0, 0.05) is 11.5 Å². The Kier molecular flexibility index (Phi) is 5.77. The Morgan fingerprint density at radius 2 is 1.60 bits per heavy atom. The molecule has 5 heteroatoms. The molecule has 0 spiro atoms. The molecule has 0 heterocycles. The Morgan fingerprint density at radius 3 is 2.20 bits per heavy atom. The van der Waals surface area contributed by atoms with Gasteiger partial charge >= 0.3 is 6.03 Å². The summed E-state index contributed by atoms with van der Waals surface area (Å²) in [6, 6.07) is 12.6. The van der Waals surface area contributed by atoms with Crippen molar-refractivity contribution in [2.45, 2.75) is 45.2 Å². The highest BCUT2D eigenvalue weighted by molar-refractivity contribution is 5.75. The zero-order chi connectivity index (χ0) is 18.6. The molecule has 0 saturated carbocycles. The first-order valence-electron chi connectivity index (χ1n) is 8.29. The Morgan fingerprint density at radius 1 is 0.960 bits per heavy atom. The molecule has 0 bridgehead atoms. The molecular formula is C20H24F2N2O. The third kappa shape index (κ3) is 4.56. The molecule has 0 fully saturated rings. The minimum absolute atomic E-state index is 0.132. The smallest absolute Gasteiger partial charge is 0.315 e. The van der Waals surface area contributed by atoms with E-state index in [4.69, 9.17) is 0 Å². The summed E-state index contributed by atoms with van der Waals surface area (Å²) in [6.07, 6.45) is 0. The quantitative estimate of drug-likeness (QED) is 0.810. The number of rotatable bonds is 5. The lowest BCUT2D eigenvalue weighted by molar-refractivity contribution is 0.228. The van der Waals surface area contributed by atoms with E-state index in [0.717, 1.165) is 17.7 Å². The van der Waals surface area contributed by atoms with Crippen LogP contribution < -0.4 is 10.6 Å². The van der Waals surface area contributed by atoms with Gasteiger partial charge in [-0.25, -0.2) is 13.6 Å². The minimum atomic E-state index is -0.926. The average Bonchev–Trinajstić information content (AvgIpc) is 2.57. The molecule has 2 rings (SSSR count). The van der Waals surface area contributed by atoms with Crippen molar-refractivity contribution in [1.82, 2.24) is 10.6 Å². The molecule has 0 saturated heterocycles. The third-order valence-electron chi connectivity index (χ3n) is 4.74. The Hall–Kier alpha value is -2.43. The number of amides is 2. The highest BCUT2D eigenvalue weighted by atomic mass is 19.2. The van der Waals surface area contributed by atoms with Gasteiger partial charge in [0.25, 0.3) is 0 Å². The first kappa shape index (κ1) is 18.9. The zero-order valence-electron chi connectivity index (χ0n) is 14.9. The summed E-state index contributed by atoms with van der Waals surface area (Å²) in [5, 5.41) is 5.69. The fourth-order valence-electron chi connectivity index (χ4n) is 2.60. The molecule has 25 heavy (non-hydrogen) atoms. The highest BCUT2D eigenvalue weighted by Crippen LogP contribution is 2.26. The molecule has 2 aromatic rings. The Balaban J connectivity index is 2.00. The van der Waals surface area contributed by atoms with Gasteiger partial charge in [-0.3, -0.25) is 0 Å². The van der Waals surface area contributed by atoms with Gasteiger partial charge < -0.3 is 10.6 Å². The lowest BCUT2D eigenvalue weighted by Crippen LogP contribution is -2.49. The van der Waals surface area contributed by atoms with Crippen molar-refractivity contribution in [3.63, 3.8) is 0 Å². The van der Waals surface area contributed by atoms with Gasteiger partial charge in [0.1, 0.15) is 0 Å². The molecule has 0 aliphatic carbocycles. The Bertz CT molecular complexity index is 732. The lowest BCUT2D eigenvalue weighted by atomic mass is 9.78. The summed E-state index contributed by atoms with van der Waals surface area (Å²) in [6.45, 7) is 7.78. The molecule has 2 unspecified atom stereocenters. The predicted molar refractivity (Wildman–Crippen MR) is 95.4 cm³/mol. The summed E-state index contributed by atoms with van der Waals surface area (Å²) < 4.78 is 26.3. The summed E-state index contributed by atoms with van der Waals surface area (Å²) >= 11 is 0. The minimum Gasteiger partial charge on any atom is -0.335 e. The van der Waals surface area contributed by atoms with E-state index in [1.54, 1.807) is 6.92 Å². The number of carbonyl (C=O) groups is 1. The van der Waals surface area contributed by atoms with Crippen molar-refractivity contribution in [1.29, 1.82) is 0 Å². The highest BCUT2D eigenvalue weighted by Gasteiger charge is 2.29. The second-order valence-electron chi connectivity index (χ2n) is 6.82. The van der Waals surface area contributed by atoms with Gasteiger partial charge in [-0.15, -0.1) is 0 Å². The predicted octanol–water partition coefficient (Wildman–Crippen LogP) is 4.69. The fourth-order valence-corrected chi connectivity index (χ4v) is 2.60. The lowest BCUT2D eigenvalue weighted by Gasteiger charge is -2.33. The molecule has 3 nitrogen and oxygen atoms in total. The van der Waals surface area contributed by atoms with E-state index in [1.165, 1.54) is 6.07 Å². The van der Waals surface area contributed by atoms with E-state index < -0.39 is 17.7 Å². The standard InChI is InChI=1S/C20H24F2N2O/c1-13(15-10-11-17(21)18(22)12-15)23-19(25)24-14(2)20(3,4)16-8-6-5-7-9-16/h5-14H,1-4H3,(H2,23,24,25). The monoisotopic (exact) mass is 346 g/mol. The van der Waals surface area contributed by atoms with Crippen molar-refractivity contribution >= 4 is 6.03 Å². The van der Waals surface area contributed by atoms with Gasteiger partial charge in [0.05, 0.1) is 6.04 Å². The number of hydrogen-bond acceptors (Lipinski definition) is 1. The second-order valence-corrected chi connectivity index (χ2v) is 6.82. The van der Waals surface area contributed by atoms with E-state index in [1.807, 2.05) is 37.3 Å². The van der Waals surface area contributed by atoms with Crippen molar-refractivity contribution < 1.29 is 13.6 Å². The number of carbonyl (C=O) groups excluding carboxylic acids is 1. The summed E-state index contributed by atoms with van der Waals surface area (Å²) in [5.41, 5.74) is 1.37. The van der Waals surface area contributed by atoms with E-state index in [9.17, 15) is 13.6 Å². The van der Waals surface area contributed by atoms with Crippen molar-refractivity contribution in [3.8, 4) is 0 Å². The van der Waals surface area contributed by atoms with Gasteiger partial charge in [-0.2, -0.15) is 0 Å². The molecular weight excluding hydrogens is 322 g/mol. The molecule has 2 atom stereocenters. The molecule has 2 aromatic carbocycles. The normalized spacial score (nSPS) is 13.8. The molecule has 2 N–H and O–H groups in total.